The number of hydrogen-bond donors (Lipinski definition) is 0. The fraction of sp³-hybridized carbons (Fsp3) is 0.222. The van der Waals surface area contributed by atoms with Crippen molar-refractivity contribution in [1.82, 2.24) is 4.31 Å². The molecule has 0 spiro atoms. The highest BCUT2D eigenvalue weighted by molar-refractivity contribution is 7.89. The highest BCUT2D eigenvalue weighted by Crippen LogP contribution is 2.33. The maximum absolute atomic E-state index is 13.7. The molecule has 3 aromatic carbocycles. The third-order valence-corrected chi connectivity index (χ3v) is 7.63. The summed E-state index contributed by atoms with van der Waals surface area (Å²) in [5.41, 5.74) is 2.47. The van der Waals surface area contributed by atoms with Gasteiger partial charge in [0.25, 0.3) is 0 Å². The maximum Gasteiger partial charge on any atom is 0.340 e. The van der Waals surface area contributed by atoms with Gasteiger partial charge in [0.1, 0.15) is 6.10 Å². The first-order valence-corrected chi connectivity index (χ1v) is 12.4. The van der Waals surface area contributed by atoms with Crippen molar-refractivity contribution in [2.45, 2.75) is 30.1 Å². The van der Waals surface area contributed by atoms with Gasteiger partial charge in [0.05, 0.1) is 17.5 Å². The lowest BCUT2D eigenvalue weighted by molar-refractivity contribution is -0.160. The summed E-state index contributed by atoms with van der Waals surface area (Å²) in [5.74, 6) is -0.575. The molecule has 34 heavy (non-hydrogen) atoms. The zero-order valence-corrected chi connectivity index (χ0v) is 19.9. The van der Waals surface area contributed by atoms with Crippen LogP contribution in [0.1, 0.15) is 28.8 Å². The lowest BCUT2D eigenvalue weighted by Crippen LogP contribution is -2.43. The Hall–Kier alpha value is -3.26. The van der Waals surface area contributed by atoms with Gasteiger partial charge in [-0.05, 0) is 36.3 Å². The van der Waals surface area contributed by atoms with Gasteiger partial charge in [0, 0.05) is 7.11 Å². The van der Waals surface area contributed by atoms with Crippen LogP contribution in [0.15, 0.2) is 102 Å². The Labute approximate surface area is 200 Å². The zero-order chi connectivity index (χ0) is 24.1. The first-order chi connectivity index (χ1) is 16.4. The second-order valence-corrected chi connectivity index (χ2v) is 10.0. The highest BCUT2D eigenvalue weighted by Gasteiger charge is 2.37. The molecule has 0 N–H and O–H groups in total. The quantitative estimate of drug-likeness (QED) is 0.367. The predicted molar refractivity (Wildman–Crippen MR) is 129 cm³/mol. The van der Waals surface area contributed by atoms with E-state index in [4.69, 9.17) is 9.47 Å². The Morgan fingerprint density at radius 2 is 1.53 bits per heavy atom. The molecule has 0 bridgehead atoms. The van der Waals surface area contributed by atoms with E-state index in [9.17, 15) is 13.2 Å². The van der Waals surface area contributed by atoms with Crippen LogP contribution in [-0.4, -0.2) is 38.5 Å². The van der Waals surface area contributed by atoms with Crippen molar-refractivity contribution in [3.8, 4) is 0 Å². The number of nitrogens with zero attached hydrogens (tertiary/aromatic N) is 1. The van der Waals surface area contributed by atoms with E-state index in [-0.39, 0.29) is 11.4 Å². The topological polar surface area (TPSA) is 72.9 Å². The van der Waals surface area contributed by atoms with E-state index in [1.165, 1.54) is 11.4 Å². The molecule has 4 rings (SSSR count). The molecule has 3 aromatic rings. The first-order valence-electron chi connectivity index (χ1n) is 11.0. The van der Waals surface area contributed by atoms with Crippen LogP contribution in [0.3, 0.4) is 0 Å². The molecule has 3 atom stereocenters. The van der Waals surface area contributed by atoms with Crippen molar-refractivity contribution >= 4 is 16.0 Å². The summed E-state index contributed by atoms with van der Waals surface area (Å²) in [5, 5.41) is 0. The summed E-state index contributed by atoms with van der Waals surface area (Å²) >= 11 is 0. The van der Waals surface area contributed by atoms with Crippen molar-refractivity contribution in [3.05, 3.63) is 114 Å². The van der Waals surface area contributed by atoms with Gasteiger partial charge in [-0.1, -0.05) is 84.4 Å². The molecule has 0 unspecified atom stereocenters. The van der Waals surface area contributed by atoms with E-state index in [0.29, 0.717) is 5.56 Å². The summed E-state index contributed by atoms with van der Waals surface area (Å²) in [4.78, 5) is 13.1. The third-order valence-electron chi connectivity index (χ3n) is 5.77. The first kappa shape index (κ1) is 23.9. The average molecular weight is 478 g/mol. The number of aryl methyl sites for hydroxylation is 1. The molecule has 1 heterocycles. The fourth-order valence-corrected chi connectivity index (χ4v) is 5.57. The summed E-state index contributed by atoms with van der Waals surface area (Å²) in [6.07, 6.45) is 1.86. The standard InChI is InChI=1S/C27H27NO5S/c1-20-13-16-24(17-14-20)34(30,31)28-19-23(15-18-25(28)21-9-5-3-6-10-21)33-27(29)26(32-2)22-11-7-4-8-12-22/h3-18,23,25-26H,19H2,1-2H3/t23-,25+,26+/m1/s1. The van der Waals surface area contributed by atoms with E-state index < -0.39 is 34.2 Å². The lowest BCUT2D eigenvalue weighted by atomic mass is 10.0. The predicted octanol–water partition coefficient (Wildman–Crippen LogP) is 4.60. The Kier molecular flexibility index (Phi) is 7.26. The summed E-state index contributed by atoms with van der Waals surface area (Å²) in [6, 6.07) is 24.7. The number of carbonyl (C=O) groups is 1. The van der Waals surface area contributed by atoms with Gasteiger partial charge in [-0.3, -0.25) is 0 Å². The molecule has 1 aliphatic heterocycles. The number of benzene rings is 3. The monoisotopic (exact) mass is 477 g/mol. The summed E-state index contributed by atoms with van der Waals surface area (Å²) in [7, 11) is -2.42. The molecule has 6 nitrogen and oxygen atoms in total. The fourth-order valence-electron chi connectivity index (χ4n) is 3.98. The second kappa shape index (κ2) is 10.3. The minimum atomic E-state index is -3.86. The summed E-state index contributed by atoms with van der Waals surface area (Å²) in [6.45, 7) is 1.89. The molecule has 0 fully saturated rings. The van der Waals surface area contributed by atoms with E-state index in [2.05, 4.69) is 0 Å². The van der Waals surface area contributed by atoms with Gasteiger partial charge >= 0.3 is 5.97 Å². The molecule has 0 aromatic heterocycles. The average Bonchev–Trinajstić information content (AvgIpc) is 2.86. The molecule has 176 valence electrons. The van der Waals surface area contributed by atoms with E-state index in [1.54, 1.807) is 48.6 Å². The highest BCUT2D eigenvalue weighted by atomic mass is 32.2. The molecule has 0 amide bonds. The van der Waals surface area contributed by atoms with Crippen LogP contribution in [0.4, 0.5) is 0 Å². The van der Waals surface area contributed by atoms with E-state index in [1.807, 2.05) is 55.5 Å². The van der Waals surface area contributed by atoms with Crippen LogP contribution >= 0.6 is 0 Å². The van der Waals surface area contributed by atoms with Crippen molar-refractivity contribution in [3.63, 3.8) is 0 Å². The molecular formula is C27H27NO5S. The largest absolute Gasteiger partial charge is 0.455 e. The molecule has 1 aliphatic rings. The smallest absolute Gasteiger partial charge is 0.340 e. The molecule has 0 saturated carbocycles. The van der Waals surface area contributed by atoms with Gasteiger partial charge in [-0.25, -0.2) is 13.2 Å². The number of rotatable bonds is 7. The van der Waals surface area contributed by atoms with E-state index in [0.717, 1.165) is 11.1 Å². The Morgan fingerprint density at radius 1 is 0.912 bits per heavy atom. The molecule has 7 heteroatoms. The van der Waals surface area contributed by atoms with Gasteiger partial charge in [-0.15, -0.1) is 0 Å². The van der Waals surface area contributed by atoms with Crippen LogP contribution in [0, 0.1) is 6.92 Å². The number of hydrogen-bond acceptors (Lipinski definition) is 5. The van der Waals surface area contributed by atoms with Gasteiger partial charge < -0.3 is 9.47 Å². The molecular weight excluding hydrogens is 450 g/mol. The molecule has 0 saturated heterocycles. The number of methoxy groups -OCH3 is 1. The van der Waals surface area contributed by atoms with Crippen LogP contribution in [0.5, 0.6) is 0 Å². The van der Waals surface area contributed by atoms with Crippen LogP contribution in [0.25, 0.3) is 0 Å². The third kappa shape index (κ3) is 5.12. The number of esters is 1. The minimum Gasteiger partial charge on any atom is -0.455 e. The molecule has 0 aliphatic carbocycles. The van der Waals surface area contributed by atoms with Gasteiger partial charge in [0.2, 0.25) is 10.0 Å². The van der Waals surface area contributed by atoms with Gasteiger partial charge in [0.15, 0.2) is 6.10 Å². The Morgan fingerprint density at radius 3 is 2.15 bits per heavy atom. The van der Waals surface area contributed by atoms with Crippen molar-refractivity contribution in [1.29, 1.82) is 0 Å². The normalized spacial score (nSPS) is 19.5. The Bertz CT molecular complexity index is 1240. The zero-order valence-electron chi connectivity index (χ0n) is 19.1. The van der Waals surface area contributed by atoms with Crippen LogP contribution in [-0.2, 0) is 24.3 Å². The maximum atomic E-state index is 13.7. The van der Waals surface area contributed by atoms with Crippen molar-refractivity contribution in [2.24, 2.45) is 0 Å². The lowest BCUT2D eigenvalue weighted by Gasteiger charge is -2.35. The number of sulfonamides is 1. The van der Waals surface area contributed by atoms with E-state index >= 15 is 0 Å². The summed E-state index contributed by atoms with van der Waals surface area (Å²) < 4.78 is 39.8. The second-order valence-electron chi connectivity index (χ2n) is 8.13. The Balaban J connectivity index is 1.63. The van der Waals surface area contributed by atoms with Crippen molar-refractivity contribution in [2.75, 3.05) is 13.7 Å². The van der Waals surface area contributed by atoms with Gasteiger partial charge in [-0.2, -0.15) is 4.31 Å². The molecule has 0 radical (unpaired) electrons. The number of ether oxygens (including phenoxy) is 2. The van der Waals surface area contributed by atoms with Crippen molar-refractivity contribution < 1.29 is 22.7 Å². The van der Waals surface area contributed by atoms with Crippen LogP contribution in [0.2, 0.25) is 0 Å². The van der Waals surface area contributed by atoms with Crippen LogP contribution < -0.4 is 0 Å². The SMILES string of the molecule is CO[C@H](C(=O)O[C@@H]1C=C[C@@H](c2ccccc2)N(S(=O)(=O)c2ccc(C)cc2)C1)c1ccccc1. The number of carbonyl (C=O) groups excluding carboxylic acids is 1. The minimum absolute atomic E-state index is 0.0107.